The predicted octanol–water partition coefficient (Wildman–Crippen LogP) is 2.86. The van der Waals surface area contributed by atoms with Crippen LogP contribution in [-0.2, 0) is 4.74 Å². The van der Waals surface area contributed by atoms with Crippen molar-refractivity contribution in [3.05, 3.63) is 0 Å². The van der Waals surface area contributed by atoms with Crippen LogP contribution in [0.5, 0.6) is 0 Å². The number of hydrogen-bond acceptors (Lipinski definition) is 3. The first-order valence-electron chi connectivity index (χ1n) is 6.78. The van der Waals surface area contributed by atoms with Crippen molar-refractivity contribution in [1.29, 1.82) is 5.26 Å². The second-order valence-electron chi connectivity index (χ2n) is 5.91. The third-order valence-electron chi connectivity index (χ3n) is 3.30. The Morgan fingerprint density at radius 1 is 1.41 bits per heavy atom. The monoisotopic (exact) mass is 238 g/mol. The molecule has 0 aromatic heterocycles. The highest BCUT2D eigenvalue weighted by Gasteiger charge is 2.40. The van der Waals surface area contributed by atoms with Gasteiger partial charge < -0.3 is 4.74 Å². The molecule has 2 atom stereocenters. The molecule has 3 heteroatoms. The van der Waals surface area contributed by atoms with Crippen LogP contribution in [0.25, 0.3) is 0 Å². The van der Waals surface area contributed by atoms with Gasteiger partial charge in [-0.05, 0) is 39.0 Å². The molecule has 1 aliphatic carbocycles. The first-order valence-corrected chi connectivity index (χ1v) is 6.78. The molecular weight excluding hydrogens is 212 g/mol. The minimum Gasteiger partial charge on any atom is -0.378 e. The summed E-state index contributed by atoms with van der Waals surface area (Å²) in [5, 5.41) is 12.7. The van der Waals surface area contributed by atoms with Gasteiger partial charge in [0.15, 0.2) is 0 Å². The molecule has 17 heavy (non-hydrogen) atoms. The zero-order valence-electron chi connectivity index (χ0n) is 11.6. The number of nitriles is 1. The number of nitrogens with one attached hydrogen (secondary N) is 1. The highest BCUT2D eigenvalue weighted by molar-refractivity contribution is 5.12. The number of ether oxygens (including phenoxy) is 1. The van der Waals surface area contributed by atoms with E-state index < -0.39 is 0 Å². The van der Waals surface area contributed by atoms with Crippen molar-refractivity contribution >= 4 is 0 Å². The Labute approximate surface area is 106 Å². The summed E-state index contributed by atoms with van der Waals surface area (Å²) in [4.78, 5) is 0. The summed E-state index contributed by atoms with van der Waals surface area (Å²) >= 11 is 0. The van der Waals surface area contributed by atoms with Crippen molar-refractivity contribution in [3.63, 3.8) is 0 Å². The van der Waals surface area contributed by atoms with Crippen LogP contribution in [0.1, 0.15) is 53.4 Å². The Bertz CT molecular complexity index is 270. The molecule has 1 N–H and O–H groups in total. The average Bonchev–Trinajstić information content (AvgIpc) is 2.61. The van der Waals surface area contributed by atoms with E-state index >= 15 is 0 Å². The van der Waals surface area contributed by atoms with E-state index in [0.29, 0.717) is 12.0 Å². The molecule has 1 saturated carbocycles. The fourth-order valence-electron chi connectivity index (χ4n) is 2.43. The van der Waals surface area contributed by atoms with Gasteiger partial charge in [-0.3, -0.25) is 5.32 Å². The summed E-state index contributed by atoms with van der Waals surface area (Å²) in [5.41, 5.74) is -0.351. The van der Waals surface area contributed by atoms with Gasteiger partial charge in [-0.25, -0.2) is 0 Å². The van der Waals surface area contributed by atoms with Crippen molar-refractivity contribution in [2.75, 3.05) is 6.61 Å². The molecule has 0 radical (unpaired) electrons. The quantitative estimate of drug-likeness (QED) is 0.774. The molecule has 0 bridgehead atoms. The molecule has 1 aliphatic rings. The maximum atomic E-state index is 9.33. The van der Waals surface area contributed by atoms with Crippen molar-refractivity contribution in [2.24, 2.45) is 5.92 Å². The minimum atomic E-state index is -0.351. The van der Waals surface area contributed by atoms with Crippen LogP contribution < -0.4 is 5.32 Å². The van der Waals surface area contributed by atoms with E-state index in [9.17, 15) is 5.26 Å². The standard InChI is InChI=1S/C14H26N2O/c1-11(2)6-8-17-13-5-7-14(9-13,10-15)16-12(3)4/h11-13,16H,5-9H2,1-4H3. The second-order valence-corrected chi connectivity index (χ2v) is 5.91. The molecule has 2 unspecified atom stereocenters. The predicted molar refractivity (Wildman–Crippen MR) is 69.7 cm³/mol. The van der Waals surface area contributed by atoms with E-state index in [0.717, 1.165) is 32.3 Å². The van der Waals surface area contributed by atoms with Gasteiger partial charge >= 0.3 is 0 Å². The van der Waals surface area contributed by atoms with Crippen LogP contribution in [0, 0.1) is 17.2 Å². The lowest BCUT2D eigenvalue weighted by Gasteiger charge is -2.25. The molecule has 3 nitrogen and oxygen atoms in total. The van der Waals surface area contributed by atoms with Gasteiger partial charge in [0.25, 0.3) is 0 Å². The normalized spacial score (nSPS) is 28.9. The van der Waals surface area contributed by atoms with E-state index in [1.807, 2.05) is 0 Å². The molecule has 0 aromatic rings. The topological polar surface area (TPSA) is 45.0 Å². The molecule has 1 fully saturated rings. The van der Waals surface area contributed by atoms with Crippen molar-refractivity contribution < 1.29 is 4.74 Å². The van der Waals surface area contributed by atoms with E-state index in [1.165, 1.54) is 0 Å². The van der Waals surface area contributed by atoms with Gasteiger partial charge in [-0.2, -0.15) is 5.26 Å². The van der Waals surface area contributed by atoms with Gasteiger partial charge in [-0.15, -0.1) is 0 Å². The zero-order valence-corrected chi connectivity index (χ0v) is 11.6. The smallest absolute Gasteiger partial charge is 0.109 e. The molecule has 0 heterocycles. The lowest BCUT2D eigenvalue weighted by atomic mass is 9.98. The molecule has 0 aromatic carbocycles. The van der Waals surface area contributed by atoms with Crippen LogP contribution in [0.2, 0.25) is 0 Å². The SMILES string of the molecule is CC(C)CCOC1CCC(C#N)(NC(C)C)C1. The fraction of sp³-hybridized carbons (Fsp3) is 0.929. The lowest BCUT2D eigenvalue weighted by Crippen LogP contribution is -2.45. The van der Waals surface area contributed by atoms with Crippen LogP contribution >= 0.6 is 0 Å². The first kappa shape index (κ1) is 14.5. The minimum absolute atomic E-state index is 0.264. The third-order valence-corrected chi connectivity index (χ3v) is 3.30. The summed E-state index contributed by atoms with van der Waals surface area (Å²) < 4.78 is 5.86. The first-order chi connectivity index (χ1) is 7.97. The summed E-state index contributed by atoms with van der Waals surface area (Å²) in [6, 6.07) is 2.80. The van der Waals surface area contributed by atoms with E-state index in [2.05, 4.69) is 39.1 Å². The Morgan fingerprint density at radius 3 is 2.65 bits per heavy atom. The summed E-state index contributed by atoms with van der Waals surface area (Å²) in [5.74, 6) is 0.686. The van der Waals surface area contributed by atoms with Crippen LogP contribution in [0.4, 0.5) is 0 Å². The average molecular weight is 238 g/mol. The number of rotatable bonds is 6. The number of hydrogen-bond donors (Lipinski definition) is 1. The van der Waals surface area contributed by atoms with Gasteiger partial charge in [-0.1, -0.05) is 13.8 Å². The Balaban J connectivity index is 2.37. The Hall–Kier alpha value is -0.590. The Morgan fingerprint density at radius 2 is 2.12 bits per heavy atom. The van der Waals surface area contributed by atoms with Gasteiger partial charge in [0, 0.05) is 19.1 Å². The zero-order chi connectivity index (χ0) is 12.9. The summed E-state index contributed by atoms with van der Waals surface area (Å²) in [7, 11) is 0. The van der Waals surface area contributed by atoms with E-state index in [1.54, 1.807) is 0 Å². The molecule has 0 aliphatic heterocycles. The maximum Gasteiger partial charge on any atom is 0.109 e. The molecule has 0 spiro atoms. The highest BCUT2D eigenvalue weighted by Crippen LogP contribution is 2.32. The summed E-state index contributed by atoms with van der Waals surface area (Å²) in [6.07, 6.45) is 4.12. The second kappa shape index (κ2) is 6.37. The highest BCUT2D eigenvalue weighted by atomic mass is 16.5. The van der Waals surface area contributed by atoms with Crippen molar-refractivity contribution in [1.82, 2.24) is 5.32 Å². The van der Waals surface area contributed by atoms with Crippen LogP contribution in [-0.4, -0.2) is 24.3 Å². The van der Waals surface area contributed by atoms with Crippen molar-refractivity contribution in [2.45, 2.75) is 71.1 Å². The van der Waals surface area contributed by atoms with E-state index in [4.69, 9.17) is 4.74 Å². The van der Waals surface area contributed by atoms with Crippen LogP contribution in [0.15, 0.2) is 0 Å². The summed E-state index contributed by atoms with van der Waals surface area (Å²) in [6.45, 7) is 9.42. The molecule has 0 saturated heterocycles. The van der Waals surface area contributed by atoms with Gasteiger partial charge in [0.2, 0.25) is 0 Å². The van der Waals surface area contributed by atoms with Crippen molar-refractivity contribution in [3.8, 4) is 6.07 Å². The Kier molecular flexibility index (Phi) is 5.42. The number of nitrogens with zero attached hydrogens (tertiary/aromatic N) is 1. The van der Waals surface area contributed by atoms with Crippen LogP contribution in [0.3, 0.4) is 0 Å². The van der Waals surface area contributed by atoms with E-state index in [-0.39, 0.29) is 11.6 Å². The maximum absolute atomic E-state index is 9.33. The van der Waals surface area contributed by atoms with Gasteiger partial charge in [0.05, 0.1) is 12.2 Å². The largest absolute Gasteiger partial charge is 0.378 e. The fourth-order valence-corrected chi connectivity index (χ4v) is 2.43. The molecule has 98 valence electrons. The molecular formula is C14H26N2O. The van der Waals surface area contributed by atoms with Gasteiger partial charge in [0.1, 0.15) is 5.54 Å². The third kappa shape index (κ3) is 4.65. The lowest BCUT2D eigenvalue weighted by molar-refractivity contribution is 0.0477. The molecule has 1 rings (SSSR count). The molecule has 0 amide bonds.